The Morgan fingerprint density at radius 3 is 1.87 bits per heavy atom. The second-order valence-corrected chi connectivity index (χ2v) is 4.15. The van der Waals surface area contributed by atoms with Gasteiger partial charge in [0.05, 0.1) is 0 Å². The van der Waals surface area contributed by atoms with Crippen molar-refractivity contribution in [2.24, 2.45) is 5.92 Å². The molecule has 0 heterocycles. The molecule has 0 radical (unpaired) electrons. The summed E-state index contributed by atoms with van der Waals surface area (Å²) in [5.74, 6) is 1.13. The van der Waals surface area contributed by atoms with Crippen LogP contribution in [0.4, 0.5) is 0 Å². The van der Waals surface area contributed by atoms with Gasteiger partial charge in [-0.15, -0.1) is 0 Å². The number of carbonyl (C=O) groups is 2. The summed E-state index contributed by atoms with van der Waals surface area (Å²) in [6.45, 7) is 6.18. The predicted molar refractivity (Wildman–Crippen MR) is 62.8 cm³/mol. The van der Waals surface area contributed by atoms with Crippen LogP contribution < -0.4 is 0 Å². The number of ketones is 2. The van der Waals surface area contributed by atoms with Crippen molar-refractivity contribution in [3.8, 4) is 0 Å². The van der Waals surface area contributed by atoms with Crippen LogP contribution in [0.3, 0.4) is 0 Å². The number of hydrogen-bond acceptors (Lipinski definition) is 2. The zero-order chi connectivity index (χ0) is 11.7. The second-order valence-electron chi connectivity index (χ2n) is 4.15. The standard InChI is InChI=1S/C13H24O2/c1-4-11(5-2)7-8-13(15)10-9-12(14)6-3/h11H,4-10H2,1-3H3. The predicted octanol–water partition coefficient (Wildman–Crippen LogP) is 3.53. The SMILES string of the molecule is CCC(=O)CCC(=O)CCC(CC)CC. The topological polar surface area (TPSA) is 34.1 Å². The summed E-state index contributed by atoms with van der Waals surface area (Å²) in [6, 6.07) is 0. The Balaban J connectivity index is 3.61. The minimum absolute atomic E-state index is 0.200. The van der Waals surface area contributed by atoms with Crippen molar-refractivity contribution in [1.29, 1.82) is 0 Å². The van der Waals surface area contributed by atoms with Crippen molar-refractivity contribution in [3.63, 3.8) is 0 Å². The van der Waals surface area contributed by atoms with Crippen molar-refractivity contribution in [1.82, 2.24) is 0 Å². The minimum Gasteiger partial charge on any atom is -0.300 e. The molecule has 0 rings (SSSR count). The minimum atomic E-state index is 0.200. The third-order valence-electron chi connectivity index (χ3n) is 3.06. The molecule has 0 fully saturated rings. The molecule has 0 saturated carbocycles. The maximum Gasteiger partial charge on any atom is 0.133 e. The van der Waals surface area contributed by atoms with Crippen LogP contribution in [0.25, 0.3) is 0 Å². The van der Waals surface area contributed by atoms with Gasteiger partial charge in [0.25, 0.3) is 0 Å². The molecular weight excluding hydrogens is 188 g/mol. The molecular formula is C13H24O2. The summed E-state index contributed by atoms with van der Waals surface area (Å²) in [5, 5.41) is 0. The van der Waals surface area contributed by atoms with Gasteiger partial charge in [0.15, 0.2) is 0 Å². The van der Waals surface area contributed by atoms with E-state index in [0.29, 0.717) is 31.6 Å². The first-order chi connectivity index (χ1) is 7.13. The molecule has 88 valence electrons. The number of hydrogen-bond donors (Lipinski definition) is 0. The summed E-state index contributed by atoms with van der Waals surface area (Å²) >= 11 is 0. The van der Waals surface area contributed by atoms with E-state index in [4.69, 9.17) is 0 Å². The maximum absolute atomic E-state index is 11.4. The van der Waals surface area contributed by atoms with Crippen molar-refractivity contribution >= 4 is 11.6 Å². The molecule has 0 spiro atoms. The molecule has 2 nitrogen and oxygen atoms in total. The van der Waals surface area contributed by atoms with Crippen LogP contribution in [0.15, 0.2) is 0 Å². The lowest BCUT2D eigenvalue weighted by Crippen LogP contribution is -2.06. The van der Waals surface area contributed by atoms with E-state index < -0.39 is 0 Å². The largest absolute Gasteiger partial charge is 0.300 e. The molecule has 15 heavy (non-hydrogen) atoms. The Bertz CT molecular complexity index is 193. The highest BCUT2D eigenvalue weighted by molar-refractivity contribution is 5.85. The van der Waals surface area contributed by atoms with Crippen LogP contribution in [-0.4, -0.2) is 11.6 Å². The molecule has 0 atom stereocenters. The highest BCUT2D eigenvalue weighted by Crippen LogP contribution is 2.15. The van der Waals surface area contributed by atoms with Crippen LogP contribution >= 0.6 is 0 Å². The summed E-state index contributed by atoms with van der Waals surface area (Å²) in [4.78, 5) is 22.5. The molecule has 0 aliphatic rings. The fourth-order valence-corrected chi connectivity index (χ4v) is 1.64. The van der Waals surface area contributed by atoms with Gasteiger partial charge in [-0.05, 0) is 12.3 Å². The first kappa shape index (κ1) is 14.3. The quantitative estimate of drug-likeness (QED) is 0.586. The van der Waals surface area contributed by atoms with E-state index in [1.54, 1.807) is 0 Å². The Labute approximate surface area is 93.4 Å². The average molecular weight is 212 g/mol. The van der Waals surface area contributed by atoms with Crippen molar-refractivity contribution in [2.45, 2.75) is 65.7 Å². The van der Waals surface area contributed by atoms with Gasteiger partial charge >= 0.3 is 0 Å². The lowest BCUT2D eigenvalue weighted by molar-refractivity contribution is -0.124. The zero-order valence-corrected chi connectivity index (χ0v) is 10.3. The fraction of sp³-hybridized carbons (Fsp3) is 0.846. The molecule has 0 amide bonds. The van der Waals surface area contributed by atoms with E-state index in [1.165, 1.54) is 0 Å². The van der Waals surface area contributed by atoms with E-state index in [0.717, 1.165) is 19.3 Å². The maximum atomic E-state index is 11.4. The van der Waals surface area contributed by atoms with E-state index in [1.807, 2.05) is 6.92 Å². The molecule has 0 aliphatic heterocycles. The smallest absolute Gasteiger partial charge is 0.133 e. The van der Waals surface area contributed by atoms with Crippen LogP contribution in [0.1, 0.15) is 65.7 Å². The molecule has 0 aromatic rings. The summed E-state index contributed by atoms with van der Waals surface area (Å²) < 4.78 is 0. The first-order valence-corrected chi connectivity index (χ1v) is 6.17. The van der Waals surface area contributed by atoms with Crippen molar-refractivity contribution in [3.05, 3.63) is 0 Å². The highest BCUT2D eigenvalue weighted by atomic mass is 16.1. The monoisotopic (exact) mass is 212 g/mol. The lowest BCUT2D eigenvalue weighted by Gasteiger charge is -2.10. The Morgan fingerprint density at radius 2 is 1.40 bits per heavy atom. The average Bonchev–Trinajstić information content (AvgIpc) is 2.27. The molecule has 0 aromatic heterocycles. The molecule has 0 N–H and O–H groups in total. The van der Waals surface area contributed by atoms with Crippen molar-refractivity contribution in [2.75, 3.05) is 0 Å². The molecule has 0 saturated heterocycles. The molecule has 2 heteroatoms. The van der Waals surface area contributed by atoms with E-state index >= 15 is 0 Å². The van der Waals surface area contributed by atoms with Crippen LogP contribution in [-0.2, 0) is 9.59 Å². The van der Waals surface area contributed by atoms with E-state index in [2.05, 4.69) is 13.8 Å². The number of carbonyl (C=O) groups excluding carboxylic acids is 2. The summed E-state index contributed by atoms with van der Waals surface area (Å²) in [6.07, 6.45) is 5.40. The fourth-order valence-electron chi connectivity index (χ4n) is 1.64. The summed E-state index contributed by atoms with van der Waals surface area (Å²) in [5.41, 5.74) is 0. The molecule has 0 unspecified atom stereocenters. The Hall–Kier alpha value is -0.660. The third-order valence-corrected chi connectivity index (χ3v) is 3.06. The first-order valence-electron chi connectivity index (χ1n) is 6.17. The number of rotatable bonds is 9. The lowest BCUT2D eigenvalue weighted by atomic mass is 9.95. The molecule has 0 aliphatic carbocycles. The second kappa shape index (κ2) is 8.63. The summed E-state index contributed by atoms with van der Waals surface area (Å²) in [7, 11) is 0. The van der Waals surface area contributed by atoms with Gasteiger partial charge in [0, 0.05) is 25.7 Å². The zero-order valence-electron chi connectivity index (χ0n) is 10.3. The van der Waals surface area contributed by atoms with Crippen LogP contribution in [0, 0.1) is 5.92 Å². The van der Waals surface area contributed by atoms with Gasteiger partial charge in [-0.3, -0.25) is 9.59 Å². The highest BCUT2D eigenvalue weighted by Gasteiger charge is 2.09. The Kier molecular flexibility index (Phi) is 8.25. The van der Waals surface area contributed by atoms with Gasteiger partial charge in [-0.2, -0.15) is 0 Å². The van der Waals surface area contributed by atoms with Crippen LogP contribution in [0.2, 0.25) is 0 Å². The van der Waals surface area contributed by atoms with E-state index in [9.17, 15) is 9.59 Å². The van der Waals surface area contributed by atoms with E-state index in [-0.39, 0.29) is 11.6 Å². The third kappa shape index (κ3) is 7.29. The Morgan fingerprint density at radius 1 is 0.867 bits per heavy atom. The number of Topliss-reactive ketones (excluding diaryl/α,β-unsaturated/α-hetero) is 2. The van der Waals surface area contributed by atoms with Gasteiger partial charge in [-0.1, -0.05) is 33.6 Å². The van der Waals surface area contributed by atoms with Crippen LogP contribution in [0.5, 0.6) is 0 Å². The van der Waals surface area contributed by atoms with Gasteiger partial charge in [-0.25, -0.2) is 0 Å². The normalized spacial score (nSPS) is 10.7. The van der Waals surface area contributed by atoms with Gasteiger partial charge in [0.1, 0.15) is 11.6 Å². The molecule has 0 bridgehead atoms. The van der Waals surface area contributed by atoms with Crippen molar-refractivity contribution < 1.29 is 9.59 Å². The van der Waals surface area contributed by atoms with Gasteiger partial charge < -0.3 is 0 Å². The van der Waals surface area contributed by atoms with Gasteiger partial charge in [0.2, 0.25) is 0 Å². The molecule has 0 aromatic carbocycles.